The fourth-order valence-electron chi connectivity index (χ4n) is 2.77. The Balaban J connectivity index is 2.25. The standard InChI is InChI=1S/C14H7F4N3O5/c1-14(11(24)19-13(26)20(2)12(14)25)21-9(22)3-4(10(21)23)6(16)8(18)7(17)5(3)15/h1-2H3,(H,19,24,26). The number of hydrogen-bond donors (Lipinski definition) is 1. The molecule has 6 amide bonds. The molecule has 0 saturated carbocycles. The molecule has 3 rings (SSSR count). The molecule has 8 nitrogen and oxygen atoms in total. The number of carbonyl (C=O) groups is 5. The first-order chi connectivity index (χ1) is 12.0. The normalized spacial score (nSPS) is 22.9. The number of rotatable bonds is 1. The van der Waals surface area contributed by atoms with Crippen molar-refractivity contribution in [2.24, 2.45) is 0 Å². The number of likely N-dealkylation sites (N-methyl/N-ethyl adjacent to an activating group) is 1. The summed E-state index contributed by atoms with van der Waals surface area (Å²) in [5, 5.41) is 1.69. The third kappa shape index (κ3) is 1.80. The lowest BCUT2D eigenvalue weighted by Crippen LogP contribution is -2.72. The van der Waals surface area contributed by atoms with Gasteiger partial charge in [-0.3, -0.25) is 29.4 Å². The van der Waals surface area contributed by atoms with Crippen molar-refractivity contribution in [3.05, 3.63) is 34.4 Å². The maximum absolute atomic E-state index is 13.9. The Morgan fingerprint density at radius 3 is 1.65 bits per heavy atom. The van der Waals surface area contributed by atoms with Crippen molar-refractivity contribution in [2.75, 3.05) is 7.05 Å². The second-order valence-electron chi connectivity index (χ2n) is 5.65. The van der Waals surface area contributed by atoms with Gasteiger partial charge in [-0.1, -0.05) is 0 Å². The predicted octanol–water partition coefficient (Wildman–Crippen LogP) is 0.306. The smallest absolute Gasteiger partial charge is 0.275 e. The quantitative estimate of drug-likeness (QED) is 0.251. The van der Waals surface area contributed by atoms with Crippen molar-refractivity contribution in [1.82, 2.24) is 15.1 Å². The number of fused-ring (bicyclic) bond motifs is 1. The summed E-state index contributed by atoms with van der Waals surface area (Å²) in [6, 6.07) is -1.16. The summed E-state index contributed by atoms with van der Waals surface area (Å²) in [5.41, 5.74) is -5.61. The predicted molar refractivity (Wildman–Crippen MR) is 71.5 cm³/mol. The average Bonchev–Trinajstić information content (AvgIpc) is 2.85. The minimum absolute atomic E-state index is 0.136. The molecule has 0 aliphatic carbocycles. The third-order valence-corrected chi connectivity index (χ3v) is 4.24. The summed E-state index contributed by atoms with van der Waals surface area (Å²) < 4.78 is 54.7. The van der Waals surface area contributed by atoms with E-state index < -0.39 is 69.6 Å². The van der Waals surface area contributed by atoms with Gasteiger partial charge in [-0.05, 0) is 6.92 Å². The van der Waals surface area contributed by atoms with Gasteiger partial charge >= 0.3 is 6.03 Å². The number of carbonyl (C=O) groups excluding carboxylic acids is 5. The van der Waals surface area contributed by atoms with Gasteiger partial charge in [0.2, 0.25) is 5.54 Å². The molecule has 26 heavy (non-hydrogen) atoms. The Hall–Kier alpha value is -3.31. The van der Waals surface area contributed by atoms with E-state index in [1.807, 2.05) is 0 Å². The van der Waals surface area contributed by atoms with E-state index in [4.69, 9.17) is 0 Å². The molecule has 1 saturated heterocycles. The third-order valence-electron chi connectivity index (χ3n) is 4.24. The van der Waals surface area contributed by atoms with E-state index in [9.17, 15) is 41.5 Å². The second-order valence-corrected chi connectivity index (χ2v) is 5.65. The Kier molecular flexibility index (Phi) is 3.43. The van der Waals surface area contributed by atoms with Crippen LogP contribution in [0.5, 0.6) is 0 Å². The van der Waals surface area contributed by atoms with E-state index in [1.54, 1.807) is 5.32 Å². The number of barbiturate groups is 1. The van der Waals surface area contributed by atoms with E-state index in [1.165, 1.54) is 0 Å². The van der Waals surface area contributed by atoms with E-state index in [0.29, 0.717) is 4.90 Å². The molecule has 1 aromatic carbocycles. The van der Waals surface area contributed by atoms with Crippen molar-refractivity contribution in [3.8, 4) is 0 Å². The molecule has 2 heterocycles. The van der Waals surface area contributed by atoms with Crippen molar-refractivity contribution in [3.63, 3.8) is 0 Å². The van der Waals surface area contributed by atoms with Gasteiger partial charge in [0.15, 0.2) is 23.3 Å². The highest BCUT2D eigenvalue weighted by Crippen LogP contribution is 2.36. The van der Waals surface area contributed by atoms with Crippen LogP contribution in [-0.2, 0) is 9.59 Å². The maximum atomic E-state index is 13.9. The second kappa shape index (κ2) is 5.09. The molecule has 0 aromatic heterocycles. The Morgan fingerprint density at radius 1 is 0.808 bits per heavy atom. The lowest BCUT2D eigenvalue weighted by molar-refractivity contribution is -0.148. The molecule has 2 aliphatic heterocycles. The zero-order valence-corrected chi connectivity index (χ0v) is 12.9. The van der Waals surface area contributed by atoms with E-state index in [0.717, 1.165) is 14.0 Å². The van der Waals surface area contributed by atoms with Crippen LogP contribution in [0.3, 0.4) is 0 Å². The highest BCUT2D eigenvalue weighted by molar-refractivity contribution is 6.31. The van der Waals surface area contributed by atoms with Crippen LogP contribution < -0.4 is 5.32 Å². The van der Waals surface area contributed by atoms with Gasteiger partial charge in [0, 0.05) is 7.05 Å². The first kappa shape index (κ1) is 17.5. The maximum Gasteiger partial charge on any atom is 0.330 e. The van der Waals surface area contributed by atoms with Crippen molar-refractivity contribution >= 4 is 29.7 Å². The number of halogens is 4. The van der Waals surface area contributed by atoms with Crippen LogP contribution >= 0.6 is 0 Å². The minimum Gasteiger partial charge on any atom is -0.275 e. The molecule has 1 atom stereocenters. The Bertz CT molecular complexity index is 916. The molecule has 136 valence electrons. The van der Waals surface area contributed by atoms with Gasteiger partial charge in [-0.15, -0.1) is 0 Å². The summed E-state index contributed by atoms with van der Waals surface area (Å²) in [5.74, 6) is -15.2. The number of nitrogens with one attached hydrogen (secondary N) is 1. The molecule has 1 unspecified atom stereocenters. The van der Waals surface area contributed by atoms with Gasteiger partial charge in [0.05, 0.1) is 11.1 Å². The molecule has 12 heteroatoms. The molecular weight excluding hydrogens is 366 g/mol. The van der Waals surface area contributed by atoms with Crippen LogP contribution in [0.1, 0.15) is 27.6 Å². The minimum atomic E-state index is -2.71. The van der Waals surface area contributed by atoms with Crippen LogP contribution in [0.2, 0.25) is 0 Å². The molecule has 0 bridgehead atoms. The number of imide groups is 3. The topological polar surface area (TPSA) is 104 Å². The van der Waals surface area contributed by atoms with Crippen LogP contribution in [0, 0.1) is 23.3 Å². The van der Waals surface area contributed by atoms with Gasteiger partial charge in [-0.2, -0.15) is 0 Å². The van der Waals surface area contributed by atoms with Gasteiger partial charge in [0.25, 0.3) is 23.6 Å². The zero-order chi connectivity index (χ0) is 19.7. The number of nitrogens with zero attached hydrogens (tertiary/aromatic N) is 2. The van der Waals surface area contributed by atoms with Crippen LogP contribution in [0.15, 0.2) is 0 Å². The van der Waals surface area contributed by atoms with E-state index >= 15 is 0 Å². The first-order valence-electron chi connectivity index (χ1n) is 6.84. The van der Waals surface area contributed by atoms with Crippen LogP contribution in [0.25, 0.3) is 0 Å². The van der Waals surface area contributed by atoms with Crippen molar-refractivity contribution in [2.45, 2.75) is 12.5 Å². The molecule has 0 radical (unpaired) electrons. The zero-order valence-electron chi connectivity index (χ0n) is 12.9. The number of urea groups is 1. The number of amides is 6. The molecule has 1 aromatic rings. The summed E-state index contributed by atoms with van der Waals surface area (Å²) in [4.78, 5) is 61.0. The van der Waals surface area contributed by atoms with Crippen molar-refractivity contribution in [1.29, 1.82) is 0 Å². The largest absolute Gasteiger partial charge is 0.330 e. The SMILES string of the molecule is CN1C(=O)NC(=O)C(C)(N2C(=O)c3c(F)c(F)c(F)c(F)c3C2=O)C1=O. The number of hydrogen-bond acceptors (Lipinski definition) is 5. The fourth-order valence-corrected chi connectivity index (χ4v) is 2.77. The summed E-state index contributed by atoms with van der Waals surface area (Å²) >= 11 is 0. The summed E-state index contributed by atoms with van der Waals surface area (Å²) in [7, 11) is 0.918. The Labute approximate surface area is 141 Å². The molecule has 1 fully saturated rings. The molecule has 1 N–H and O–H groups in total. The molecular formula is C14H7F4N3O5. The summed E-state index contributed by atoms with van der Waals surface area (Å²) in [6.07, 6.45) is 0. The van der Waals surface area contributed by atoms with Crippen LogP contribution in [0.4, 0.5) is 22.4 Å². The van der Waals surface area contributed by atoms with Gasteiger partial charge in [-0.25, -0.2) is 27.3 Å². The average molecular weight is 373 g/mol. The highest BCUT2D eigenvalue weighted by atomic mass is 19.2. The molecule has 0 spiro atoms. The lowest BCUT2D eigenvalue weighted by Gasteiger charge is -2.39. The molecule has 2 aliphatic rings. The van der Waals surface area contributed by atoms with Crippen LogP contribution in [-0.4, -0.2) is 52.0 Å². The fraction of sp³-hybridized carbons (Fsp3) is 0.214. The van der Waals surface area contributed by atoms with E-state index in [2.05, 4.69) is 0 Å². The van der Waals surface area contributed by atoms with Gasteiger partial charge < -0.3 is 0 Å². The van der Waals surface area contributed by atoms with Crippen molar-refractivity contribution < 1.29 is 41.5 Å². The highest BCUT2D eigenvalue weighted by Gasteiger charge is 2.61. The monoisotopic (exact) mass is 373 g/mol. The summed E-state index contributed by atoms with van der Waals surface area (Å²) in [6.45, 7) is 0.748. The number of benzene rings is 1. The Morgan fingerprint density at radius 2 is 1.23 bits per heavy atom. The van der Waals surface area contributed by atoms with Gasteiger partial charge in [0.1, 0.15) is 0 Å². The first-order valence-corrected chi connectivity index (χ1v) is 6.84. The van der Waals surface area contributed by atoms with E-state index in [-0.39, 0.29) is 4.90 Å². The lowest BCUT2D eigenvalue weighted by atomic mass is 9.94.